The number of piperazine rings is 1. The third-order valence-corrected chi connectivity index (χ3v) is 3.07. The molecule has 1 aromatic heterocycles. The van der Waals surface area contributed by atoms with Gasteiger partial charge in [0.05, 0.1) is 6.54 Å². The summed E-state index contributed by atoms with van der Waals surface area (Å²) in [7, 11) is 0. The molecule has 1 amide bonds. The predicted octanol–water partition coefficient (Wildman–Crippen LogP) is 0.560. The Labute approximate surface area is 114 Å². The third-order valence-electron chi connectivity index (χ3n) is 3.07. The SMILES string of the molecule is O=C1CNC(c2nc(Cc3ccc(F)cc3)no2)CN1. The number of nitrogens with zero attached hydrogens (tertiary/aromatic N) is 2. The van der Waals surface area contributed by atoms with Gasteiger partial charge < -0.3 is 9.84 Å². The molecule has 0 saturated carbocycles. The number of halogens is 1. The zero-order chi connectivity index (χ0) is 13.9. The van der Waals surface area contributed by atoms with Crippen LogP contribution in [0.3, 0.4) is 0 Å². The van der Waals surface area contributed by atoms with Crippen LogP contribution in [0.2, 0.25) is 0 Å². The fourth-order valence-electron chi connectivity index (χ4n) is 2.01. The number of amides is 1. The number of carbonyl (C=O) groups is 1. The van der Waals surface area contributed by atoms with E-state index in [4.69, 9.17) is 4.52 Å². The van der Waals surface area contributed by atoms with Crippen molar-refractivity contribution in [2.24, 2.45) is 0 Å². The molecular weight excluding hydrogens is 263 g/mol. The number of aromatic nitrogens is 2. The van der Waals surface area contributed by atoms with Gasteiger partial charge in [-0.2, -0.15) is 4.98 Å². The molecule has 2 N–H and O–H groups in total. The average Bonchev–Trinajstić information content (AvgIpc) is 2.91. The minimum atomic E-state index is -0.273. The minimum absolute atomic E-state index is 0.0488. The highest BCUT2D eigenvalue weighted by Gasteiger charge is 2.23. The Hall–Kier alpha value is -2.28. The Kier molecular flexibility index (Phi) is 3.42. The first-order valence-corrected chi connectivity index (χ1v) is 6.28. The van der Waals surface area contributed by atoms with E-state index < -0.39 is 0 Å². The fourth-order valence-corrected chi connectivity index (χ4v) is 2.01. The summed E-state index contributed by atoms with van der Waals surface area (Å²) in [5, 5.41) is 9.63. The molecule has 6 nitrogen and oxygen atoms in total. The second-order valence-electron chi connectivity index (χ2n) is 4.59. The van der Waals surface area contributed by atoms with Gasteiger partial charge in [0.15, 0.2) is 5.82 Å². The lowest BCUT2D eigenvalue weighted by atomic mass is 10.1. The highest BCUT2D eigenvalue weighted by molar-refractivity contribution is 5.78. The van der Waals surface area contributed by atoms with E-state index in [-0.39, 0.29) is 24.3 Å². The lowest BCUT2D eigenvalue weighted by molar-refractivity contribution is -0.121. The van der Waals surface area contributed by atoms with Gasteiger partial charge in [-0.05, 0) is 17.7 Å². The molecule has 20 heavy (non-hydrogen) atoms. The molecule has 1 aromatic carbocycles. The van der Waals surface area contributed by atoms with E-state index in [1.807, 2.05) is 0 Å². The van der Waals surface area contributed by atoms with E-state index in [1.165, 1.54) is 12.1 Å². The number of hydrogen-bond acceptors (Lipinski definition) is 5. The standard InChI is InChI=1S/C13H13FN4O2/c14-9-3-1-8(2-4-9)5-11-17-13(20-18-11)10-6-16-12(19)7-15-10/h1-4,10,15H,5-7H2,(H,16,19). The highest BCUT2D eigenvalue weighted by Crippen LogP contribution is 2.14. The van der Waals surface area contributed by atoms with E-state index >= 15 is 0 Å². The van der Waals surface area contributed by atoms with Crippen LogP contribution in [-0.4, -0.2) is 29.1 Å². The van der Waals surface area contributed by atoms with E-state index in [0.29, 0.717) is 24.7 Å². The molecule has 3 rings (SSSR count). The van der Waals surface area contributed by atoms with Crippen LogP contribution in [0.1, 0.15) is 23.3 Å². The summed E-state index contributed by atoms with van der Waals surface area (Å²) >= 11 is 0. The Morgan fingerprint density at radius 3 is 2.85 bits per heavy atom. The first-order valence-electron chi connectivity index (χ1n) is 6.28. The molecule has 1 unspecified atom stereocenters. The molecule has 0 radical (unpaired) electrons. The van der Waals surface area contributed by atoms with Crippen molar-refractivity contribution in [1.29, 1.82) is 0 Å². The summed E-state index contributed by atoms with van der Waals surface area (Å²) in [6.45, 7) is 0.664. The number of hydrogen-bond donors (Lipinski definition) is 2. The second kappa shape index (κ2) is 5.38. The van der Waals surface area contributed by atoms with Crippen LogP contribution in [0, 0.1) is 5.82 Å². The van der Waals surface area contributed by atoms with Crippen molar-refractivity contribution in [3.8, 4) is 0 Å². The van der Waals surface area contributed by atoms with Crippen molar-refractivity contribution in [1.82, 2.24) is 20.8 Å². The van der Waals surface area contributed by atoms with Crippen LogP contribution in [0.25, 0.3) is 0 Å². The Morgan fingerprint density at radius 2 is 2.15 bits per heavy atom. The Morgan fingerprint density at radius 1 is 1.35 bits per heavy atom. The molecule has 7 heteroatoms. The van der Waals surface area contributed by atoms with Crippen molar-refractivity contribution >= 4 is 5.91 Å². The molecule has 0 spiro atoms. The van der Waals surface area contributed by atoms with Gasteiger partial charge in [0.1, 0.15) is 11.9 Å². The fraction of sp³-hybridized carbons (Fsp3) is 0.308. The maximum Gasteiger partial charge on any atom is 0.245 e. The molecule has 0 bridgehead atoms. The summed E-state index contributed by atoms with van der Waals surface area (Å²) in [4.78, 5) is 15.3. The zero-order valence-corrected chi connectivity index (χ0v) is 10.6. The zero-order valence-electron chi connectivity index (χ0n) is 10.6. The maximum atomic E-state index is 12.8. The first-order chi connectivity index (χ1) is 9.70. The summed E-state index contributed by atoms with van der Waals surface area (Å²) in [5.74, 6) is 0.657. The molecule has 1 atom stereocenters. The average molecular weight is 276 g/mol. The topological polar surface area (TPSA) is 80.1 Å². The Bertz CT molecular complexity index is 601. The largest absolute Gasteiger partial charge is 0.353 e. The lowest BCUT2D eigenvalue weighted by Crippen LogP contribution is -2.47. The van der Waals surface area contributed by atoms with Crippen LogP contribution in [0.15, 0.2) is 28.8 Å². The molecular formula is C13H13FN4O2. The van der Waals surface area contributed by atoms with Gasteiger partial charge in [0.2, 0.25) is 11.8 Å². The smallest absolute Gasteiger partial charge is 0.245 e. The number of rotatable bonds is 3. The predicted molar refractivity (Wildman–Crippen MR) is 67.3 cm³/mol. The monoisotopic (exact) mass is 276 g/mol. The maximum absolute atomic E-state index is 12.8. The van der Waals surface area contributed by atoms with Crippen LogP contribution in [0.4, 0.5) is 4.39 Å². The molecule has 1 aliphatic rings. The molecule has 104 valence electrons. The van der Waals surface area contributed by atoms with Gasteiger partial charge in [0, 0.05) is 13.0 Å². The third kappa shape index (κ3) is 2.83. The van der Waals surface area contributed by atoms with Gasteiger partial charge in [-0.25, -0.2) is 4.39 Å². The Balaban J connectivity index is 1.67. The van der Waals surface area contributed by atoms with Gasteiger partial charge in [-0.1, -0.05) is 17.3 Å². The summed E-state index contributed by atoms with van der Waals surface area (Å²) in [6, 6.07) is 6.00. The number of nitrogens with one attached hydrogen (secondary N) is 2. The molecule has 1 aliphatic heterocycles. The molecule has 2 aromatic rings. The molecule has 0 aliphatic carbocycles. The number of carbonyl (C=O) groups excluding carboxylic acids is 1. The van der Waals surface area contributed by atoms with Crippen LogP contribution < -0.4 is 10.6 Å². The minimum Gasteiger partial charge on any atom is -0.353 e. The van der Waals surface area contributed by atoms with Crippen molar-refractivity contribution in [3.63, 3.8) is 0 Å². The summed E-state index contributed by atoms with van der Waals surface area (Å²) in [6.07, 6.45) is 0.475. The number of benzene rings is 1. The van der Waals surface area contributed by atoms with E-state index in [0.717, 1.165) is 5.56 Å². The van der Waals surface area contributed by atoms with Crippen LogP contribution >= 0.6 is 0 Å². The molecule has 2 heterocycles. The van der Waals surface area contributed by atoms with Crippen LogP contribution in [-0.2, 0) is 11.2 Å². The highest BCUT2D eigenvalue weighted by atomic mass is 19.1. The van der Waals surface area contributed by atoms with Crippen molar-refractivity contribution in [3.05, 3.63) is 47.4 Å². The van der Waals surface area contributed by atoms with E-state index in [1.54, 1.807) is 12.1 Å². The van der Waals surface area contributed by atoms with Crippen molar-refractivity contribution in [2.45, 2.75) is 12.5 Å². The van der Waals surface area contributed by atoms with Crippen LogP contribution in [0.5, 0.6) is 0 Å². The summed E-state index contributed by atoms with van der Waals surface area (Å²) < 4.78 is 18.0. The van der Waals surface area contributed by atoms with E-state index in [2.05, 4.69) is 20.8 Å². The normalized spacial score (nSPS) is 18.9. The second-order valence-corrected chi connectivity index (χ2v) is 4.59. The quantitative estimate of drug-likeness (QED) is 0.856. The summed E-state index contributed by atoms with van der Waals surface area (Å²) in [5.41, 5.74) is 0.906. The molecule has 1 fully saturated rings. The molecule has 1 saturated heterocycles. The van der Waals surface area contributed by atoms with Gasteiger partial charge >= 0.3 is 0 Å². The van der Waals surface area contributed by atoms with E-state index in [9.17, 15) is 9.18 Å². The van der Waals surface area contributed by atoms with Crippen molar-refractivity contribution < 1.29 is 13.7 Å². The van der Waals surface area contributed by atoms with Gasteiger partial charge in [-0.3, -0.25) is 10.1 Å². The first kappa shape index (κ1) is 12.7. The van der Waals surface area contributed by atoms with Gasteiger partial charge in [0.25, 0.3) is 0 Å². The van der Waals surface area contributed by atoms with Gasteiger partial charge in [-0.15, -0.1) is 0 Å². The van der Waals surface area contributed by atoms with Crippen molar-refractivity contribution in [2.75, 3.05) is 13.1 Å². The lowest BCUT2D eigenvalue weighted by Gasteiger charge is -2.20.